The van der Waals surface area contributed by atoms with E-state index in [1.54, 1.807) is 24.3 Å². The van der Waals surface area contributed by atoms with Crippen molar-refractivity contribution in [1.82, 2.24) is 10.2 Å². The first-order valence-corrected chi connectivity index (χ1v) is 8.76. The molecule has 0 aromatic heterocycles. The molecule has 3 amide bonds. The number of hydrogen-bond donors (Lipinski definition) is 2. The van der Waals surface area contributed by atoms with Crippen LogP contribution in [0, 0.1) is 12.3 Å². The first kappa shape index (κ1) is 19.3. The predicted octanol–water partition coefficient (Wildman–Crippen LogP) is 2.16. The van der Waals surface area contributed by atoms with Gasteiger partial charge in [0.25, 0.3) is 5.91 Å². The fourth-order valence-electron chi connectivity index (χ4n) is 2.69. The van der Waals surface area contributed by atoms with Crippen LogP contribution >= 0.6 is 0 Å². The van der Waals surface area contributed by atoms with E-state index in [9.17, 15) is 14.7 Å². The predicted molar refractivity (Wildman–Crippen MR) is 102 cm³/mol. The molecule has 1 aliphatic rings. The van der Waals surface area contributed by atoms with Gasteiger partial charge in [-0.3, -0.25) is 9.69 Å². The SMILES string of the molecule is C#CC[C@H]1NC(=O)N(C[C@H](O)COc2ccc(Oc3ccccc3)cc2)C1=O. The molecule has 0 saturated carbocycles. The van der Waals surface area contributed by atoms with Gasteiger partial charge in [0.2, 0.25) is 0 Å². The van der Waals surface area contributed by atoms with E-state index in [1.165, 1.54) is 0 Å². The van der Waals surface area contributed by atoms with Crippen LogP contribution in [-0.2, 0) is 4.79 Å². The standard InChI is InChI=1S/C21H20N2O5/c1-2-6-19-20(25)23(21(26)22-19)13-15(24)14-27-16-9-11-18(12-10-16)28-17-7-4-3-5-8-17/h1,3-5,7-12,15,19,24H,6,13-14H2,(H,22,26)/t15-,19+/m0/s1. The van der Waals surface area contributed by atoms with Crippen LogP contribution in [0.25, 0.3) is 0 Å². The first-order valence-electron chi connectivity index (χ1n) is 8.76. The Labute approximate surface area is 162 Å². The highest BCUT2D eigenvalue weighted by Gasteiger charge is 2.38. The topological polar surface area (TPSA) is 88.1 Å². The lowest BCUT2D eigenvalue weighted by Crippen LogP contribution is -2.40. The average molecular weight is 380 g/mol. The number of urea groups is 1. The van der Waals surface area contributed by atoms with E-state index in [4.69, 9.17) is 15.9 Å². The summed E-state index contributed by atoms with van der Waals surface area (Å²) in [5.41, 5.74) is 0. The van der Waals surface area contributed by atoms with E-state index in [1.807, 2.05) is 30.3 Å². The van der Waals surface area contributed by atoms with E-state index in [-0.39, 0.29) is 19.6 Å². The van der Waals surface area contributed by atoms with Crippen molar-refractivity contribution in [3.8, 4) is 29.6 Å². The molecule has 7 nitrogen and oxygen atoms in total. The molecule has 1 aliphatic heterocycles. The number of terminal acetylenes is 1. The number of carbonyl (C=O) groups is 2. The van der Waals surface area contributed by atoms with Crippen LogP contribution in [0.5, 0.6) is 17.2 Å². The summed E-state index contributed by atoms with van der Waals surface area (Å²) < 4.78 is 11.2. The number of benzene rings is 2. The fourth-order valence-corrected chi connectivity index (χ4v) is 2.69. The van der Waals surface area contributed by atoms with Gasteiger partial charge in [0.15, 0.2) is 0 Å². The Morgan fingerprint density at radius 1 is 1.07 bits per heavy atom. The molecule has 2 N–H and O–H groups in total. The minimum absolute atomic E-state index is 0.0737. The van der Waals surface area contributed by atoms with Gasteiger partial charge in [-0.15, -0.1) is 12.3 Å². The van der Waals surface area contributed by atoms with E-state index in [0.717, 1.165) is 10.6 Å². The van der Waals surface area contributed by atoms with Gasteiger partial charge >= 0.3 is 6.03 Å². The highest BCUT2D eigenvalue weighted by molar-refractivity contribution is 6.04. The smallest absolute Gasteiger partial charge is 0.324 e. The van der Waals surface area contributed by atoms with Crippen LogP contribution in [0.1, 0.15) is 6.42 Å². The molecule has 2 aromatic rings. The monoisotopic (exact) mass is 380 g/mol. The molecule has 3 rings (SSSR count). The Bertz CT molecular complexity index is 861. The van der Waals surface area contributed by atoms with Crippen LogP contribution in [0.15, 0.2) is 54.6 Å². The maximum Gasteiger partial charge on any atom is 0.324 e. The number of ether oxygens (including phenoxy) is 2. The molecule has 0 spiro atoms. The minimum atomic E-state index is -1.03. The quantitative estimate of drug-likeness (QED) is 0.541. The van der Waals surface area contributed by atoms with Gasteiger partial charge in [-0.25, -0.2) is 4.79 Å². The van der Waals surface area contributed by atoms with Crippen molar-refractivity contribution in [3.63, 3.8) is 0 Å². The minimum Gasteiger partial charge on any atom is -0.491 e. The molecule has 7 heteroatoms. The van der Waals surface area contributed by atoms with Crippen molar-refractivity contribution < 1.29 is 24.2 Å². The summed E-state index contributed by atoms with van der Waals surface area (Å²) in [6, 6.07) is 15.0. The summed E-state index contributed by atoms with van der Waals surface area (Å²) in [5, 5.41) is 12.6. The number of nitrogens with one attached hydrogen (secondary N) is 1. The molecule has 0 aliphatic carbocycles. The Hall–Kier alpha value is -3.50. The number of aliphatic hydroxyl groups is 1. The van der Waals surface area contributed by atoms with Crippen LogP contribution < -0.4 is 14.8 Å². The van der Waals surface area contributed by atoms with E-state index >= 15 is 0 Å². The van der Waals surface area contributed by atoms with Crippen LogP contribution in [-0.4, -0.2) is 47.2 Å². The molecule has 0 bridgehead atoms. The average Bonchev–Trinajstić information content (AvgIpc) is 2.96. The third-order valence-electron chi connectivity index (χ3n) is 4.07. The molecule has 0 unspecified atom stereocenters. The second kappa shape index (κ2) is 8.93. The molecule has 1 heterocycles. The van der Waals surface area contributed by atoms with Crippen molar-refractivity contribution >= 4 is 11.9 Å². The van der Waals surface area contributed by atoms with E-state index in [2.05, 4.69) is 11.2 Å². The Morgan fingerprint density at radius 2 is 1.71 bits per heavy atom. The van der Waals surface area contributed by atoms with Gasteiger partial charge < -0.3 is 19.9 Å². The molecule has 28 heavy (non-hydrogen) atoms. The number of amides is 3. The number of imide groups is 1. The van der Waals surface area contributed by atoms with Gasteiger partial charge in [-0.2, -0.15) is 0 Å². The summed E-state index contributed by atoms with van der Waals surface area (Å²) in [7, 11) is 0. The van der Waals surface area contributed by atoms with Crippen LogP contribution in [0.2, 0.25) is 0 Å². The molecular weight excluding hydrogens is 360 g/mol. The highest BCUT2D eigenvalue weighted by Crippen LogP contribution is 2.23. The first-order chi connectivity index (χ1) is 13.6. The van der Waals surface area contributed by atoms with Gasteiger partial charge in [-0.05, 0) is 36.4 Å². The molecule has 144 valence electrons. The van der Waals surface area contributed by atoms with Crippen molar-refractivity contribution in [1.29, 1.82) is 0 Å². The van der Waals surface area contributed by atoms with E-state index in [0.29, 0.717) is 11.5 Å². The summed E-state index contributed by atoms with van der Waals surface area (Å²) in [5.74, 6) is 3.81. The maximum atomic E-state index is 12.1. The number of aliphatic hydroxyl groups excluding tert-OH is 1. The normalized spacial score (nSPS) is 17.0. The number of β-amino-alcohol motifs (C(OH)–C–C–N with tert-alkyl or cyclic N) is 1. The van der Waals surface area contributed by atoms with E-state index < -0.39 is 24.1 Å². The zero-order valence-electron chi connectivity index (χ0n) is 15.1. The Morgan fingerprint density at radius 3 is 2.39 bits per heavy atom. The lowest BCUT2D eigenvalue weighted by atomic mass is 10.2. The third-order valence-corrected chi connectivity index (χ3v) is 4.07. The summed E-state index contributed by atoms with van der Waals surface area (Å²) >= 11 is 0. The van der Waals surface area contributed by atoms with Crippen molar-refractivity contribution in [2.24, 2.45) is 0 Å². The number of rotatable bonds is 8. The molecule has 2 atom stereocenters. The zero-order valence-corrected chi connectivity index (χ0v) is 15.1. The van der Waals surface area contributed by atoms with Gasteiger partial charge in [-0.1, -0.05) is 18.2 Å². The second-order valence-corrected chi connectivity index (χ2v) is 6.21. The van der Waals surface area contributed by atoms with Gasteiger partial charge in [0.05, 0.1) is 6.54 Å². The summed E-state index contributed by atoms with van der Waals surface area (Å²) in [6.07, 6.45) is 4.27. The largest absolute Gasteiger partial charge is 0.491 e. The zero-order chi connectivity index (χ0) is 19.9. The Kier molecular flexibility index (Phi) is 6.14. The molecule has 1 fully saturated rings. The van der Waals surface area contributed by atoms with Crippen molar-refractivity contribution in [3.05, 3.63) is 54.6 Å². The maximum absolute atomic E-state index is 12.1. The number of hydrogen-bond acceptors (Lipinski definition) is 5. The number of para-hydroxylation sites is 1. The lowest BCUT2D eigenvalue weighted by Gasteiger charge is -2.18. The molecule has 2 aromatic carbocycles. The highest BCUT2D eigenvalue weighted by atomic mass is 16.5. The van der Waals surface area contributed by atoms with Gasteiger partial charge in [0.1, 0.15) is 36.0 Å². The van der Waals surface area contributed by atoms with Crippen molar-refractivity contribution in [2.75, 3.05) is 13.2 Å². The number of nitrogens with zero attached hydrogens (tertiary/aromatic N) is 1. The summed E-state index contributed by atoms with van der Waals surface area (Å²) in [4.78, 5) is 24.9. The molecular formula is C21H20N2O5. The second-order valence-electron chi connectivity index (χ2n) is 6.21. The van der Waals surface area contributed by atoms with Crippen LogP contribution in [0.4, 0.5) is 4.79 Å². The third kappa shape index (κ3) is 4.81. The number of carbonyl (C=O) groups excluding carboxylic acids is 2. The lowest BCUT2D eigenvalue weighted by molar-refractivity contribution is -0.128. The fraction of sp³-hybridized carbons (Fsp3) is 0.238. The molecule has 0 radical (unpaired) electrons. The van der Waals surface area contributed by atoms with Crippen LogP contribution in [0.3, 0.4) is 0 Å². The summed E-state index contributed by atoms with van der Waals surface area (Å²) in [6.45, 7) is -0.239. The molecule has 1 saturated heterocycles. The van der Waals surface area contributed by atoms with Crippen molar-refractivity contribution in [2.45, 2.75) is 18.6 Å². The Balaban J connectivity index is 1.48. The van der Waals surface area contributed by atoms with Gasteiger partial charge in [0, 0.05) is 6.42 Å².